The van der Waals surface area contributed by atoms with Gasteiger partial charge in [0.25, 0.3) is 0 Å². The van der Waals surface area contributed by atoms with Gasteiger partial charge in [-0.25, -0.2) is 0 Å². The lowest BCUT2D eigenvalue weighted by molar-refractivity contribution is -0.136. The Morgan fingerprint density at radius 3 is 2.04 bits per heavy atom. The van der Waals surface area contributed by atoms with Crippen molar-refractivity contribution < 1.29 is 47.9 Å². The van der Waals surface area contributed by atoms with Crippen LogP contribution < -0.4 is 70.2 Å². The molecule has 23 nitrogen and oxygen atoms in total. The zero-order valence-corrected chi connectivity index (χ0v) is 44.5. The zero-order chi connectivity index (χ0) is 54.9. The molecule has 1 aliphatic carbocycles. The number of carbonyl (C=O) groups excluding carboxylic acids is 9. The van der Waals surface area contributed by atoms with Gasteiger partial charge in [0.15, 0.2) is 5.96 Å². The highest BCUT2D eigenvalue weighted by atomic mass is 33.1. The number of nitrogens with zero attached hydrogens (tertiary/aromatic N) is 1. The summed E-state index contributed by atoms with van der Waals surface area (Å²) in [5.74, 6) is -7.12. The van der Waals surface area contributed by atoms with E-state index in [9.17, 15) is 43.2 Å². The van der Waals surface area contributed by atoms with Crippen LogP contribution in [0.5, 0.6) is 5.75 Å². The number of carbonyl (C=O) groups is 9. The van der Waals surface area contributed by atoms with E-state index in [-0.39, 0.29) is 63.5 Å². The molecule has 0 aromatic heterocycles. The standard InChI is InChI=1S/C50H75N13O10S2/c1-4-73-33-17-15-32(16-18-33)25-35-44(68)60-36(24-31-12-7-5-8-13-31)46(70)63-42(30(2)3)48(72)61-37(26-39(52)64)45(69)62-38(29-74-75-50(27-40(65)58-35)19-9-6-10-20-50)47(71)59-34(14-11-22-56-49(53)54)43(67)57-28-41(66)55-23-21-51/h5,7-8,12-13,15-18,30,34-38,42H,4,6,9-11,14,19-29,51H2,1-3H3,(H2,52,64)(H,55,66)(H,57,67)(H,58,65)(H,59,71)(H,60,68)(H,61,72)(H,62,69)(H,63,70)(H4,53,54,56)/t34-,35?,36?,37-,38?,42-/m0/s1. The van der Waals surface area contributed by atoms with Crippen LogP contribution in [0.15, 0.2) is 59.6 Å². The maximum Gasteiger partial charge on any atom is 0.244 e. The molecule has 16 N–H and O–H groups in total. The molecule has 6 atom stereocenters. The average molecular weight is 1080 g/mol. The Hall–Kier alpha value is -6.60. The molecule has 9 amide bonds. The van der Waals surface area contributed by atoms with Gasteiger partial charge in [-0.15, -0.1) is 0 Å². The highest BCUT2D eigenvalue weighted by molar-refractivity contribution is 8.77. The highest BCUT2D eigenvalue weighted by Gasteiger charge is 2.39. The minimum absolute atomic E-state index is 0.00791. The molecule has 1 heterocycles. The lowest BCUT2D eigenvalue weighted by Gasteiger charge is -2.36. The maximum atomic E-state index is 14.6. The topological polar surface area (TPSA) is 376 Å². The van der Waals surface area contributed by atoms with Crippen molar-refractivity contribution in [1.29, 1.82) is 0 Å². The van der Waals surface area contributed by atoms with Gasteiger partial charge in [0.05, 0.1) is 19.6 Å². The third-order valence-corrected chi connectivity index (χ3v) is 15.7. The predicted octanol–water partition coefficient (Wildman–Crippen LogP) is -0.957. The fraction of sp³-hybridized carbons (Fsp3) is 0.560. The first-order valence-corrected chi connectivity index (χ1v) is 27.6. The third kappa shape index (κ3) is 21.3. The van der Waals surface area contributed by atoms with Crippen molar-refractivity contribution in [3.63, 3.8) is 0 Å². The summed E-state index contributed by atoms with van der Waals surface area (Å²) in [6, 6.07) is 7.85. The van der Waals surface area contributed by atoms with Crippen molar-refractivity contribution in [2.45, 2.75) is 132 Å². The van der Waals surface area contributed by atoms with Gasteiger partial charge in [-0.3, -0.25) is 48.1 Å². The summed E-state index contributed by atoms with van der Waals surface area (Å²) in [5.41, 5.74) is 23.5. The molecule has 412 valence electrons. The summed E-state index contributed by atoms with van der Waals surface area (Å²) >= 11 is 0. The van der Waals surface area contributed by atoms with Gasteiger partial charge in [-0.2, -0.15) is 0 Å². The van der Waals surface area contributed by atoms with Crippen LogP contribution in [0.4, 0.5) is 0 Å². The third-order valence-electron chi connectivity index (χ3n) is 12.3. The number of ether oxygens (including phenoxy) is 1. The minimum Gasteiger partial charge on any atom is -0.494 e. The lowest BCUT2D eigenvalue weighted by Crippen LogP contribution is -2.61. The van der Waals surface area contributed by atoms with Gasteiger partial charge >= 0.3 is 0 Å². The van der Waals surface area contributed by atoms with Crippen molar-refractivity contribution in [3.8, 4) is 5.75 Å². The van der Waals surface area contributed by atoms with E-state index in [0.717, 1.165) is 19.3 Å². The Morgan fingerprint density at radius 2 is 1.41 bits per heavy atom. The summed E-state index contributed by atoms with van der Waals surface area (Å²) in [5, 5.41) is 21.5. The number of rotatable bonds is 20. The van der Waals surface area contributed by atoms with Crippen molar-refractivity contribution >= 4 is 80.7 Å². The molecule has 2 fully saturated rings. The number of amides is 9. The van der Waals surface area contributed by atoms with Crippen LogP contribution in [0.3, 0.4) is 0 Å². The summed E-state index contributed by atoms with van der Waals surface area (Å²) in [7, 11) is 2.55. The second-order valence-electron chi connectivity index (χ2n) is 18.8. The van der Waals surface area contributed by atoms with E-state index < -0.39 is 113 Å². The van der Waals surface area contributed by atoms with Crippen LogP contribution in [0.1, 0.15) is 89.7 Å². The van der Waals surface area contributed by atoms with Crippen LogP contribution in [-0.4, -0.2) is 139 Å². The SMILES string of the molecule is CCOc1ccc(CC2NC(=O)CC3(CCCCC3)SSCC(C(=O)N[C@@H](CCCN=C(N)N)C(=O)NCC(=O)NCCN)NC(=O)[C@H](CC(N)=O)NC(=O)[C@H](C(C)C)NC(=O)C(Cc3ccccc3)NC2=O)cc1. The number of hydrogen-bond donors (Lipinski definition) is 12. The van der Waals surface area contributed by atoms with E-state index in [0.29, 0.717) is 36.3 Å². The second-order valence-corrected chi connectivity index (χ2v) is 21.6. The summed E-state index contributed by atoms with van der Waals surface area (Å²) in [6.07, 6.45) is 3.14. The molecule has 4 rings (SSSR count). The quantitative estimate of drug-likeness (QED) is 0.0329. The van der Waals surface area contributed by atoms with Crippen LogP contribution in [0, 0.1) is 5.92 Å². The normalized spacial score (nSPS) is 21.4. The Balaban J connectivity index is 1.77. The van der Waals surface area contributed by atoms with Crippen LogP contribution in [0.25, 0.3) is 0 Å². The number of benzene rings is 2. The molecule has 1 saturated carbocycles. The molecule has 0 radical (unpaired) electrons. The van der Waals surface area contributed by atoms with E-state index in [1.807, 2.05) is 6.92 Å². The minimum atomic E-state index is -1.66. The Morgan fingerprint density at radius 1 is 0.787 bits per heavy atom. The van der Waals surface area contributed by atoms with Gasteiger partial charge in [-0.1, -0.05) is 97.2 Å². The summed E-state index contributed by atoms with van der Waals surface area (Å²) in [4.78, 5) is 129. The lowest BCUT2D eigenvalue weighted by atomic mass is 9.85. The van der Waals surface area contributed by atoms with Crippen LogP contribution in [-0.2, 0) is 56.0 Å². The largest absolute Gasteiger partial charge is 0.494 e. The molecule has 2 aromatic rings. The fourth-order valence-electron chi connectivity index (χ4n) is 8.44. The number of nitrogens with two attached hydrogens (primary N) is 4. The number of primary amides is 1. The first kappa shape index (κ1) is 61.0. The summed E-state index contributed by atoms with van der Waals surface area (Å²) < 4.78 is 4.92. The molecule has 25 heteroatoms. The molecular formula is C50H75N13O10S2. The molecule has 75 heavy (non-hydrogen) atoms. The van der Waals surface area contributed by atoms with Crippen LogP contribution >= 0.6 is 21.6 Å². The Labute approximate surface area is 445 Å². The van der Waals surface area contributed by atoms with E-state index in [2.05, 4.69) is 47.5 Å². The predicted molar refractivity (Wildman–Crippen MR) is 287 cm³/mol. The Kier molecular flexibility index (Phi) is 25.5. The van der Waals surface area contributed by atoms with E-state index in [1.54, 1.807) is 68.4 Å². The van der Waals surface area contributed by atoms with Gasteiger partial charge in [0.2, 0.25) is 53.2 Å². The maximum absolute atomic E-state index is 14.6. The first-order chi connectivity index (χ1) is 35.8. The van der Waals surface area contributed by atoms with Gasteiger partial charge in [0, 0.05) is 49.4 Å². The number of aliphatic imine (C=N–C) groups is 1. The number of hydrogen-bond acceptors (Lipinski definition) is 14. The van der Waals surface area contributed by atoms with E-state index in [4.69, 9.17) is 27.7 Å². The second kappa shape index (κ2) is 31.3. The van der Waals surface area contributed by atoms with Crippen molar-refractivity contribution in [3.05, 3.63) is 65.7 Å². The van der Waals surface area contributed by atoms with E-state index >= 15 is 0 Å². The first-order valence-electron chi connectivity index (χ1n) is 25.3. The van der Waals surface area contributed by atoms with Gasteiger partial charge in [0.1, 0.15) is 42.0 Å². The molecule has 1 saturated heterocycles. The summed E-state index contributed by atoms with van der Waals surface area (Å²) in [6.45, 7) is 5.58. The number of guanidine groups is 1. The molecule has 2 aliphatic rings. The highest BCUT2D eigenvalue weighted by Crippen LogP contribution is 2.48. The van der Waals surface area contributed by atoms with Gasteiger partial charge in [-0.05, 0) is 61.8 Å². The zero-order valence-electron chi connectivity index (χ0n) is 42.9. The average Bonchev–Trinajstić information content (AvgIpc) is 3.36. The van der Waals surface area contributed by atoms with Crippen molar-refractivity contribution in [1.82, 2.24) is 42.5 Å². The number of nitrogens with one attached hydrogen (secondary N) is 8. The monoisotopic (exact) mass is 1080 g/mol. The molecule has 1 aliphatic heterocycles. The van der Waals surface area contributed by atoms with Crippen molar-refractivity contribution in [2.24, 2.45) is 33.8 Å². The van der Waals surface area contributed by atoms with Gasteiger partial charge < -0.3 is 70.2 Å². The molecule has 2 aromatic carbocycles. The van der Waals surface area contributed by atoms with E-state index in [1.165, 1.54) is 21.6 Å². The molecule has 1 spiro atoms. The molecular weight excluding hydrogens is 1010 g/mol. The molecule has 3 unspecified atom stereocenters. The van der Waals surface area contributed by atoms with Crippen LogP contribution in [0.2, 0.25) is 0 Å². The Bertz CT molecular complexity index is 2280. The van der Waals surface area contributed by atoms with Crippen molar-refractivity contribution in [2.75, 3.05) is 38.5 Å². The smallest absolute Gasteiger partial charge is 0.244 e. The fourth-order valence-corrected chi connectivity index (χ4v) is 11.8. The molecule has 0 bridgehead atoms.